The number of carbonyl (C=O) groups excluding carboxylic acids is 3. The molecule has 0 bridgehead atoms. The van der Waals surface area contributed by atoms with Gasteiger partial charge < -0.3 is 10.6 Å². The molecule has 0 unspecified atom stereocenters. The van der Waals surface area contributed by atoms with E-state index < -0.39 is 0 Å². The van der Waals surface area contributed by atoms with Gasteiger partial charge in [0.05, 0.1) is 6.04 Å². The fourth-order valence-corrected chi connectivity index (χ4v) is 3.03. The van der Waals surface area contributed by atoms with Gasteiger partial charge in [-0.15, -0.1) is 0 Å². The number of imide groups is 1. The Labute approximate surface area is 137 Å². The molecule has 1 aliphatic carbocycles. The first-order valence-electron chi connectivity index (χ1n) is 8.56. The fourth-order valence-electron chi connectivity index (χ4n) is 3.03. The van der Waals surface area contributed by atoms with Crippen LogP contribution >= 0.6 is 0 Å². The SMILES string of the molecule is CCNC(=O)[C@H](C)NC1(CCCCCN2C(=O)C=CC2=O)CC1. The number of rotatable bonds is 10. The summed E-state index contributed by atoms with van der Waals surface area (Å²) in [7, 11) is 0. The van der Waals surface area contributed by atoms with Crippen LogP contribution in [0.2, 0.25) is 0 Å². The quantitative estimate of drug-likeness (QED) is 0.467. The molecule has 23 heavy (non-hydrogen) atoms. The highest BCUT2D eigenvalue weighted by atomic mass is 16.2. The van der Waals surface area contributed by atoms with E-state index in [9.17, 15) is 14.4 Å². The molecule has 6 heteroatoms. The predicted molar refractivity (Wildman–Crippen MR) is 87.6 cm³/mol. The highest BCUT2D eigenvalue weighted by Gasteiger charge is 2.43. The van der Waals surface area contributed by atoms with Crippen molar-refractivity contribution in [1.82, 2.24) is 15.5 Å². The van der Waals surface area contributed by atoms with Gasteiger partial charge in [-0.25, -0.2) is 0 Å². The van der Waals surface area contributed by atoms with Crippen LogP contribution in [0.15, 0.2) is 12.2 Å². The van der Waals surface area contributed by atoms with E-state index >= 15 is 0 Å². The van der Waals surface area contributed by atoms with Gasteiger partial charge in [-0.1, -0.05) is 12.8 Å². The summed E-state index contributed by atoms with van der Waals surface area (Å²) in [5.41, 5.74) is 0.116. The molecule has 1 saturated carbocycles. The average Bonchev–Trinajstić information content (AvgIpc) is 3.20. The van der Waals surface area contributed by atoms with Crippen molar-refractivity contribution in [3.63, 3.8) is 0 Å². The van der Waals surface area contributed by atoms with E-state index in [2.05, 4.69) is 10.6 Å². The number of amides is 3. The first-order valence-corrected chi connectivity index (χ1v) is 8.56. The largest absolute Gasteiger partial charge is 0.355 e. The number of likely N-dealkylation sites (N-methyl/N-ethyl adjacent to an activating group) is 1. The lowest BCUT2D eigenvalue weighted by molar-refractivity contribution is -0.136. The van der Waals surface area contributed by atoms with E-state index in [1.165, 1.54) is 17.1 Å². The molecule has 1 fully saturated rings. The molecule has 3 amide bonds. The molecule has 0 aromatic rings. The highest BCUT2D eigenvalue weighted by molar-refractivity contribution is 6.12. The molecule has 2 aliphatic rings. The Kier molecular flexibility index (Phi) is 5.93. The van der Waals surface area contributed by atoms with Crippen molar-refractivity contribution in [3.8, 4) is 0 Å². The number of nitrogens with one attached hydrogen (secondary N) is 2. The summed E-state index contributed by atoms with van der Waals surface area (Å²) >= 11 is 0. The Hall–Kier alpha value is -1.69. The van der Waals surface area contributed by atoms with Crippen LogP contribution in [-0.2, 0) is 14.4 Å². The zero-order valence-corrected chi connectivity index (χ0v) is 14.1. The van der Waals surface area contributed by atoms with Crippen LogP contribution in [0.3, 0.4) is 0 Å². The Morgan fingerprint density at radius 2 is 1.87 bits per heavy atom. The van der Waals surface area contributed by atoms with Gasteiger partial charge in [0.1, 0.15) is 0 Å². The van der Waals surface area contributed by atoms with Crippen molar-refractivity contribution < 1.29 is 14.4 Å². The Balaban J connectivity index is 1.61. The number of nitrogens with zero attached hydrogens (tertiary/aromatic N) is 1. The number of hydrogen-bond acceptors (Lipinski definition) is 4. The fraction of sp³-hybridized carbons (Fsp3) is 0.706. The van der Waals surface area contributed by atoms with Gasteiger partial charge in [-0.3, -0.25) is 19.3 Å². The molecule has 0 saturated heterocycles. The Morgan fingerprint density at radius 3 is 2.43 bits per heavy atom. The molecule has 1 atom stereocenters. The number of hydrogen-bond donors (Lipinski definition) is 2. The van der Waals surface area contributed by atoms with Gasteiger partial charge in [-0.05, 0) is 39.5 Å². The Morgan fingerprint density at radius 1 is 1.22 bits per heavy atom. The van der Waals surface area contributed by atoms with E-state index in [0.717, 1.165) is 38.5 Å². The third-order valence-electron chi connectivity index (χ3n) is 4.56. The second-order valence-corrected chi connectivity index (χ2v) is 6.51. The molecule has 1 aliphatic heterocycles. The second-order valence-electron chi connectivity index (χ2n) is 6.51. The average molecular weight is 321 g/mol. The summed E-state index contributed by atoms with van der Waals surface area (Å²) in [5, 5.41) is 6.29. The molecule has 0 aromatic heterocycles. The maximum absolute atomic E-state index is 11.8. The minimum Gasteiger partial charge on any atom is -0.355 e. The molecular formula is C17H27N3O3. The minimum atomic E-state index is -0.203. The molecule has 2 rings (SSSR count). The van der Waals surface area contributed by atoms with E-state index in [0.29, 0.717) is 13.1 Å². The van der Waals surface area contributed by atoms with Gasteiger partial charge in [0.15, 0.2) is 0 Å². The van der Waals surface area contributed by atoms with E-state index in [1.807, 2.05) is 13.8 Å². The third-order valence-corrected chi connectivity index (χ3v) is 4.56. The van der Waals surface area contributed by atoms with Crippen LogP contribution in [-0.4, -0.2) is 47.3 Å². The molecule has 1 heterocycles. The first kappa shape index (κ1) is 17.7. The van der Waals surface area contributed by atoms with Crippen molar-refractivity contribution in [2.75, 3.05) is 13.1 Å². The minimum absolute atomic E-state index is 0.0531. The molecular weight excluding hydrogens is 294 g/mol. The molecule has 2 N–H and O–H groups in total. The van der Waals surface area contributed by atoms with Gasteiger partial charge in [-0.2, -0.15) is 0 Å². The van der Waals surface area contributed by atoms with Gasteiger partial charge >= 0.3 is 0 Å². The van der Waals surface area contributed by atoms with Crippen molar-refractivity contribution >= 4 is 17.7 Å². The normalized spacial score (nSPS) is 20.0. The molecule has 0 radical (unpaired) electrons. The maximum atomic E-state index is 11.8. The van der Waals surface area contributed by atoms with Crippen LogP contribution < -0.4 is 10.6 Å². The third kappa shape index (κ3) is 4.89. The number of carbonyl (C=O) groups is 3. The van der Waals surface area contributed by atoms with Gasteiger partial charge in [0.25, 0.3) is 11.8 Å². The molecule has 128 valence electrons. The van der Waals surface area contributed by atoms with E-state index in [1.54, 1.807) is 0 Å². The van der Waals surface area contributed by atoms with Crippen LogP contribution in [0, 0.1) is 0 Å². The van der Waals surface area contributed by atoms with Crippen LogP contribution in [0.1, 0.15) is 52.4 Å². The lowest BCUT2D eigenvalue weighted by atomic mass is 10.0. The van der Waals surface area contributed by atoms with E-state index in [-0.39, 0.29) is 29.3 Å². The zero-order valence-electron chi connectivity index (χ0n) is 14.1. The van der Waals surface area contributed by atoms with Gasteiger partial charge in [0, 0.05) is 30.8 Å². The van der Waals surface area contributed by atoms with Crippen LogP contribution in [0.25, 0.3) is 0 Å². The predicted octanol–water partition coefficient (Wildman–Crippen LogP) is 1.12. The second kappa shape index (κ2) is 7.73. The smallest absolute Gasteiger partial charge is 0.253 e. The van der Waals surface area contributed by atoms with Crippen molar-refractivity contribution in [2.45, 2.75) is 64.0 Å². The summed E-state index contributed by atoms with van der Waals surface area (Å²) < 4.78 is 0. The first-order chi connectivity index (χ1) is 11.0. The summed E-state index contributed by atoms with van der Waals surface area (Å²) in [6.07, 6.45) is 8.78. The lowest BCUT2D eigenvalue weighted by Gasteiger charge is -2.22. The maximum Gasteiger partial charge on any atom is 0.253 e. The summed E-state index contributed by atoms with van der Waals surface area (Å²) in [6, 6.07) is -0.164. The Bertz CT molecular complexity index is 479. The monoisotopic (exact) mass is 321 g/mol. The van der Waals surface area contributed by atoms with Crippen molar-refractivity contribution in [1.29, 1.82) is 0 Å². The summed E-state index contributed by atoms with van der Waals surface area (Å²) in [6.45, 7) is 4.98. The number of unbranched alkanes of at least 4 members (excludes halogenated alkanes) is 2. The van der Waals surface area contributed by atoms with Crippen molar-refractivity contribution in [2.24, 2.45) is 0 Å². The molecule has 0 aromatic carbocycles. The zero-order chi connectivity index (χ0) is 16.9. The summed E-state index contributed by atoms with van der Waals surface area (Å²) in [5.74, 6) is -0.352. The van der Waals surface area contributed by atoms with E-state index in [4.69, 9.17) is 0 Å². The topological polar surface area (TPSA) is 78.5 Å². The van der Waals surface area contributed by atoms with Crippen LogP contribution in [0.5, 0.6) is 0 Å². The summed E-state index contributed by atoms with van der Waals surface area (Å²) in [4.78, 5) is 35.9. The van der Waals surface area contributed by atoms with Crippen molar-refractivity contribution in [3.05, 3.63) is 12.2 Å². The standard InChI is InChI=1S/C17H27N3O3/c1-3-18-16(23)13(2)19-17(10-11-17)9-5-4-6-12-20-14(21)7-8-15(20)22/h7-8,13,19H,3-6,9-12H2,1-2H3,(H,18,23)/t13-/m0/s1. The van der Waals surface area contributed by atoms with Crippen LogP contribution in [0.4, 0.5) is 0 Å². The lowest BCUT2D eigenvalue weighted by Crippen LogP contribution is -2.47. The molecule has 6 nitrogen and oxygen atoms in total. The molecule has 0 spiro atoms. The highest BCUT2D eigenvalue weighted by Crippen LogP contribution is 2.40. The van der Waals surface area contributed by atoms with Gasteiger partial charge in [0.2, 0.25) is 5.91 Å².